The fourth-order valence-corrected chi connectivity index (χ4v) is 5.21. The fourth-order valence-electron chi connectivity index (χ4n) is 5.21. The Labute approximate surface area is 197 Å². The predicted molar refractivity (Wildman–Crippen MR) is 118 cm³/mol. The molecule has 11 heteroatoms. The number of alkyl halides is 3. The quantitative estimate of drug-likeness (QED) is 0.473. The number of halogens is 4. The van der Waals surface area contributed by atoms with E-state index in [1.54, 1.807) is 20.8 Å². The number of hydrogen-bond acceptors (Lipinski definition) is 7. The number of benzene rings is 2. The van der Waals surface area contributed by atoms with E-state index in [1.807, 2.05) is 0 Å². The molecule has 7 nitrogen and oxygen atoms in total. The van der Waals surface area contributed by atoms with Gasteiger partial charge in [-0.25, -0.2) is 14.4 Å². The van der Waals surface area contributed by atoms with Crippen LogP contribution < -0.4 is 14.8 Å². The van der Waals surface area contributed by atoms with Crippen molar-refractivity contribution in [2.75, 3.05) is 18.7 Å². The molecule has 2 unspecified atom stereocenters. The molecule has 0 radical (unpaired) electrons. The largest absolute Gasteiger partial charge is 0.454 e. The summed E-state index contributed by atoms with van der Waals surface area (Å²) in [5.74, 6) is 0.282. The molecule has 1 aromatic heterocycles. The minimum absolute atomic E-state index is 0.0193. The molecule has 1 aliphatic heterocycles. The average molecular weight is 493 g/mol. The second-order valence-corrected chi connectivity index (χ2v) is 9.63. The molecule has 0 spiro atoms. The number of anilines is 1. The van der Waals surface area contributed by atoms with Gasteiger partial charge < -0.3 is 25.0 Å². The van der Waals surface area contributed by atoms with E-state index >= 15 is 0 Å². The van der Waals surface area contributed by atoms with Crippen LogP contribution in [0.2, 0.25) is 0 Å². The van der Waals surface area contributed by atoms with Gasteiger partial charge in [-0.15, -0.1) is 0 Å². The number of aromatic nitrogens is 2. The minimum Gasteiger partial charge on any atom is -0.454 e. The molecular formula is C24H23F4N3O4. The van der Waals surface area contributed by atoms with Gasteiger partial charge in [0.1, 0.15) is 22.8 Å². The summed E-state index contributed by atoms with van der Waals surface area (Å²) in [6, 6.07) is 5.17. The van der Waals surface area contributed by atoms with Gasteiger partial charge in [0.15, 0.2) is 17.1 Å². The lowest BCUT2D eigenvalue weighted by Gasteiger charge is -2.53. The molecule has 2 atom stereocenters. The third-order valence-electron chi connectivity index (χ3n) is 6.87. The number of nitrogens with zero attached hydrogens (tertiary/aromatic N) is 2. The molecule has 0 fully saturated rings. The molecular weight excluding hydrogens is 470 g/mol. The summed E-state index contributed by atoms with van der Waals surface area (Å²) in [6.45, 7) is 3.81. The van der Waals surface area contributed by atoms with Gasteiger partial charge in [0.05, 0.1) is 6.54 Å². The van der Waals surface area contributed by atoms with Crippen LogP contribution in [-0.4, -0.2) is 45.3 Å². The Morgan fingerprint density at radius 1 is 1.11 bits per heavy atom. The van der Waals surface area contributed by atoms with E-state index in [4.69, 9.17) is 9.47 Å². The van der Waals surface area contributed by atoms with Crippen molar-refractivity contribution in [2.45, 2.75) is 50.0 Å². The number of rotatable bonds is 3. The molecule has 1 aliphatic carbocycles. The number of ether oxygens (including phenoxy) is 2. The molecule has 0 saturated heterocycles. The summed E-state index contributed by atoms with van der Waals surface area (Å²) < 4.78 is 68.6. The first-order chi connectivity index (χ1) is 16.3. The van der Waals surface area contributed by atoms with Crippen LogP contribution in [0.25, 0.3) is 10.9 Å². The van der Waals surface area contributed by atoms with Crippen molar-refractivity contribution < 1.29 is 37.2 Å². The van der Waals surface area contributed by atoms with Crippen LogP contribution >= 0.6 is 0 Å². The molecule has 3 N–H and O–H groups in total. The van der Waals surface area contributed by atoms with Crippen molar-refractivity contribution in [3.05, 3.63) is 53.2 Å². The van der Waals surface area contributed by atoms with Gasteiger partial charge in [-0.2, -0.15) is 13.2 Å². The highest BCUT2D eigenvalue weighted by atomic mass is 19.4. The summed E-state index contributed by atoms with van der Waals surface area (Å²) in [7, 11) is 0. The zero-order chi connectivity index (χ0) is 25.4. The number of hydrogen-bond donors (Lipinski definition) is 3. The first-order valence-corrected chi connectivity index (χ1v) is 10.9. The topological polar surface area (TPSA) is 96.7 Å². The van der Waals surface area contributed by atoms with Crippen LogP contribution in [0.4, 0.5) is 23.2 Å². The number of aliphatic hydroxyl groups is 2. The lowest BCUT2D eigenvalue weighted by Crippen LogP contribution is -2.68. The lowest BCUT2D eigenvalue weighted by atomic mass is 9.58. The average Bonchev–Trinajstić information content (AvgIpc) is 3.25. The Balaban J connectivity index is 1.66. The zero-order valence-electron chi connectivity index (χ0n) is 19.1. The van der Waals surface area contributed by atoms with Crippen LogP contribution in [-0.2, 0) is 11.0 Å². The third-order valence-corrected chi connectivity index (χ3v) is 6.87. The number of nitrogens with one attached hydrogen (secondary N) is 1. The lowest BCUT2D eigenvalue weighted by molar-refractivity contribution is -0.330. The monoisotopic (exact) mass is 493 g/mol. The molecule has 2 heterocycles. The van der Waals surface area contributed by atoms with Crippen molar-refractivity contribution in [1.82, 2.24) is 9.97 Å². The summed E-state index contributed by atoms with van der Waals surface area (Å²) in [6.07, 6.45) is -4.67. The second-order valence-electron chi connectivity index (χ2n) is 9.63. The molecule has 3 aromatic rings. The number of fused-ring (bicyclic) bond motifs is 4. The van der Waals surface area contributed by atoms with Gasteiger partial charge in [-0.3, -0.25) is 0 Å². The maximum atomic E-state index is 14.4. The van der Waals surface area contributed by atoms with Gasteiger partial charge in [-0.05, 0) is 42.5 Å². The summed E-state index contributed by atoms with van der Waals surface area (Å²) in [5, 5.41) is 25.9. The minimum atomic E-state index is -5.18. The van der Waals surface area contributed by atoms with Crippen LogP contribution in [0.15, 0.2) is 30.5 Å². The van der Waals surface area contributed by atoms with Crippen molar-refractivity contribution in [2.24, 2.45) is 0 Å². The standard InChI is InChI=1S/C24H23F4N3O4/c1-12-29-8-13-16(6-5-15(25)19(13)31-12)30-10-22(32)14-4-7-17-20(35-11-34-17)18(14)21(2,3)9-23(22,33)24(26,27)28/h4-8,30,32-33H,9-11H2,1-3H3. The van der Waals surface area contributed by atoms with Crippen molar-refractivity contribution in [3.8, 4) is 11.5 Å². The Morgan fingerprint density at radius 3 is 2.57 bits per heavy atom. The third kappa shape index (κ3) is 3.32. The summed E-state index contributed by atoms with van der Waals surface area (Å²) >= 11 is 0. The van der Waals surface area contributed by atoms with Crippen LogP contribution in [0.3, 0.4) is 0 Å². The Kier molecular flexibility index (Phi) is 4.99. The predicted octanol–water partition coefficient (Wildman–Crippen LogP) is 4.08. The highest BCUT2D eigenvalue weighted by Crippen LogP contribution is 2.60. The highest BCUT2D eigenvalue weighted by Gasteiger charge is 2.71. The van der Waals surface area contributed by atoms with Crippen LogP contribution in [0.1, 0.15) is 37.2 Å². The van der Waals surface area contributed by atoms with Crippen molar-refractivity contribution in [3.63, 3.8) is 0 Å². The maximum absolute atomic E-state index is 14.4. The maximum Gasteiger partial charge on any atom is 0.420 e. The molecule has 2 aliphatic rings. The van der Waals surface area contributed by atoms with E-state index in [2.05, 4.69) is 15.3 Å². The zero-order valence-corrected chi connectivity index (χ0v) is 19.1. The molecule has 0 bridgehead atoms. The Hall–Kier alpha value is -3.18. The second kappa shape index (κ2) is 7.41. The first kappa shape index (κ1) is 23.6. The molecule has 35 heavy (non-hydrogen) atoms. The van der Waals surface area contributed by atoms with Gasteiger partial charge in [0.2, 0.25) is 6.79 Å². The van der Waals surface area contributed by atoms with Gasteiger partial charge in [0, 0.05) is 22.8 Å². The SMILES string of the molecule is Cc1ncc2c(NCC3(O)c4ccc5c(c4C(C)(C)CC3(O)C(F)(F)F)OCO5)ccc(F)c2n1. The highest BCUT2D eigenvalue weighted by molar-refractivity contribution is 5.91. The Morgan fingerprint density at radius 2 is 1.86 bits per heavy atom. The van der Waals surface area contributed by atoms with E-state index in [9.17, 15) is 27.8 Å². The van der Waals surface area contributed by atoms with Crippen molar-refractivity contribution >= 4 is 16.6 Å². The smallest absolute Gasteiger partial charge is 0.420 e. The van der Waals surface area contributed by atoms with Crippen LogP contribution in [0, 0.1) is 12.7 Å². The van der Waals surface area contributed by atoms with Gasteiger partial charge in [0.25, 0.3) is 0 Å². The molecule has 5 rings (SSSR count). The van der Waals surface area contributed by atoms with E-state index < -0.39 is 41.6 Å². The molecule has 2 aromatic carbocycles. The van der Waals surface area contributed by atoms with E-state index in [0.29, 0.717) is 17.1 Å². The number of aryl methyl sites for hydroxylation is 1. The molecule has 0 saturated carbocycles. The summed E-state index contributed by atoms with van der Waals surface area (Å²) in [5.41, 5.74) is -7.19. The normalized spacial score (nSPS) is 24.9. The summed E-state index contributed by atoms with van der Waals surface area (Å²) in [4.78, 5) is 8.10. The van der Waals surface area contributed by atoms with E-state index in [1.165, 1.54) is 24.4 Å². The van der Waals surface area contributed by atoms with Gasteiger partial charge in [-0.1, -0.05) is 19.9 Å². The molecule has 0 amide bonds. The fraction of sp³-hybridized carbons (Fsp3) is 0.417. The molecule has 186 valence electrons. The van der Waals surface area contributed by atoms with Gasteiger partial charge >= 0.3 is 6.18 Å². The van der Waals surface area contributed by atoms with Crippen LogP contribution in [0.5, 0.6) is 11.5 Å². The van der Waals surface area contributed by atoms with E-state index in [-0.39, 0.29) is 34.7 Å². The van der Waals surface area contributed by atoms with Crippen molar-refractivity contribution in [1.29, 1.82) is 0 Å². The Bertz CT molecular complexity index is 1350. The van der Waals surface area contributed by atoms with E-state index in [0.717, 1.165) is 6.07 Å². The first-order valence-electron chi connectivity index (χ1n) is 10.9.